The number of carbonyl (C=O) groups excluding carboxylic acids is 1. The van der Waals surface area contributed by atoms with Gasteiger partial charge in [-0.05, 0) is 48.9 Å². The number of para-hydroxylation sites is 2. The average molecular weight is 417 g/mol. The van der Waals surface area contributed by atoms with Gasteiger partial charge in [-0.25, -0.2) is 0 Å². The highest BCUT2D eigenvalue weighted by Gasteiger charge is 2.22. The Labute approximate surface area is 180 Å². The van der Waals surface area contributed by atoms with Crippen molar-refractivity contribution >= 4 is 23.1 Å². The minimum Gasteiger partial charge on any atom is -0.355 e. The average Bonchev–Trinajstić information content (AvgIpc) is 2.80. The molecule has 1 aliphatic rings. The second-order valence-corrected chi connectivity index (χ2v) is 7.63. The molecule has 0 unspecified atom stereocenters. The maximum absolute atomic E-state index is 12.4. The van der Waals surface area contributed by atoms with Gasteiger partial charge in [-0.2, -0.15) is 0 Å². The number of aromatic nitrogens is 2. The Morgan fingerprint density at radius 2 is 1.71 bits per heavy atom. The van der Waals surface area contributed by atoms with Crippen LogP contribution in [0.25, 0.3) is 0 Å². The molecule has 0 radical (unpaired) electrons. The van der Waals surface area contributed by atoms with Crippen molar-refractivity contribution < 1.29 is 9.72 Å². The molecule has 1 aromatic heterocycles. The molecule has 1 fully saturated rings. The smallest absolute Gasteiger partial charge is 0.292 e. The monoisotopic (exact) mass is 417 g/mol. The Hall–Kier alpha value is -3.81. The molecule has 1 saturated heterocycles. The first-order chi connectivity index (χ1) is 15.1. The molecule has 0 saturated carbocycles. The molecule has 0 aliphatic carbocycles. The van der Waals surface area contributed by atoms with E-state index in [2.05, 4.69) is 44.7 Å². The van der Waals surface area contributed by atoms with E-state index in [0.29, 0.717) is 5.92 Å². The van der Waals surface area contributed by atoms with Crippen LogP contribution in [0.1, 0.15) is 28.9 Å². The summed E-state index contributed by atoms with van der Waals surface area (Å²) < 4.78 is 0. The number of carbonyl (C=O) groups is 1. The molecule has 3 aromatic rings. The second kappa shape index (κ2) is 9.34. The van der Waals surface area contributed by atoms with E-state index in [9.17, 15) is 14.9 Å². The first kappa shape index (κ1) is 20.5. The molecule has 1 N–H and O–H groups in total. The zero-order valence-corrected chi connectivity index (χ0v) is 17.0. The highest BCUT2D eigenvalue weighted by molar-refractivity contribution is 6.04. The predicted molar refractivity (Wildman–Crippen MR) is 118 cm³/mol. The lowest BCUT2D eigenvalue weighted by molar-refractivity contribution is -0.383. The van der Waals surface area contributed by atoms with Crippen LogP contribution >= 0.6 is 0 Å². The van der Waals surface area contributed by atoms with Crippen molar-refractivity contribution in [1.29, 1.82) is 0 Å². The van der Waals surface area contributed by atoms with Gasteiger partial charge in [0.1, 0.15) is 5.69 Å². The number of hydrogen-bond donors (Lipinski definition) is 1. The Kier molecular flexibility index (Phi) is 6.16. The van der Waals surface area contributed by atoms with Crippen molar-refractivity contribution in [2.75, 3.05) is 23.3 Å². The molecular formula is C23H23N5O3. The second-order valence-electron chi connectivity index (χ2n) is 7.63. The van der Waals surface area contributed by atoms with Crippen LogP contribution in [0.4, 0.5) is 17.2 Å². The van der Waals surface area contributed by atoms with Crippen molar-refractivity contribution in [3.8, 4) is 0 Å². The first-order valence-corrected chi connectivity index (χ1v) is 10.3. The summed E-state index contributed by atoms with van der Waals surface area (Å²) in [6, 6.07) is 19.9. The van der Waals surface area contributed by atoms with E-state index in [0.717, 1.165) is 38.2 Å². The molecule has 8 nitrogen and oxygen atoms in total. The van der Waals surface area contributed by atoms with E-state index in [4.69, 9.17) is 0 Å². The van der Waals surface area contributed by atoms with E-state index in [1.54, 1.807) is 24.3 Å². The van der Waals surface area contributed by atoms with Crippen LogP contribution in [-0.4, -0.2) is 34.1 Å². The first-order valence-electron chi connectivity index (χ1n) is 10.3. The third-order valence-electron chi connectivity index (χ3n) is 5.54. The van der Waals surface area contributed by atoms with Gasteiger partial charge in [-0.15, -0.1) is 10.2 Å². The highest BCUT2D eigenvalue weighted by Crippen LogP contribution is 2.25. The summed E-state index contributed by atoms with van der Waals surface area (Å²) in [5.41, 5.74) is 1.44. The standard InChI is InChI=1S/C23H23N5O3/c29-23(24-19-8-4-5-9-21(19)28(30)31)20-10-11-22(26-25-20)27-14-12-18(13-15-27)16-17-6-2-1-3-7-17/h1-11,18H,12-16H2,(H,24,29). The van der Waals surface area contributed by atoms with Crippen molar-refractivity contribution in [3.63, 3.8) is 0 Å². The fourth-order valence-corrected chi connectivity index (χ4v) is 3.85. The third kappa shape index (κ3) is 5.03. The molecule has 1 amide bonds. The van der Waals surface area contributed by atoms with Gasteiger partial charge in [0.05, 0.1) is 4.92 Å². The van der Waals surface area contributed by atoms with Crippen LogP contribution in [0.3, 0.4) is 0 Å². The Bertz CT molecular complexity index is 1050. The summed E-state index contributed by atoms with van der Waals surface area (Å²) >= 11 is 0. The lowest BCUT2D eigenvalue weighted by Gasteiger charge is -2.32. The largest absolute Gasteiger partial charge is 0.355 e. The molecule has 0 spiro atoms. The lowest BCUT2D eigenvalue weighted by Crippen LogP contribution is -2.35. The predicted octanol–water partition coefficient (Wildman–Crippen LogP) is 4.10. The number of benzene rings is 2. The molecule has 1 aliphatic heterocycles. The van der Waals surface area contributed by atoms with Crippen LogP contribution < -0.4 is 10.2 Å². The minimum atomic E-state index is -0.536. The van der Waals surface area contributed by atoms with Crippen LogP contribution in [-0.2, 0) is 6.42 Å². The Morgan fingerprint density at radius 1 is 1.00 bits per heavy atom. The minimum absolute atomic E-state index is 0.112. The molecule has 31 heavy (non-hydrogen) atoms. The normalized spacial score (nSPS) is 14.3. The summed E-state index contributed by atoms with van der Waals surface area (Å²) in [5.74, 6) is 0.855. The van der Waals surface area contributed by atoms with Crippen LogP contribution in [0.5, 0.6) is 0 Å². The van der Waals surface area contributed by atoms with E-state index in [1.807, 2.05) is 6.07 Å². The molecule has 2 heterocycles. The fraction of sp³-hybridized carbons (Fsp3) is 0.261. The molecule has 8 heteroatoms. The number of nitrogens with one attached hydrogen (secondary N) is 1. The summed E-state index contributed by atoms with van der Waals surface area (Å²) in [4.78, 5) is 25.2. The number of nitrogens with zero attached hydrogens (tertiary/aromatic N) is 4. The van der Waals surface area contributed by atoms with Crippen molar-refractivity contribution in [3.05, 3.63) is 88.1 Å². The zero-order valence-electron chi connectivity index (χ0n) is 17.0. The van der Waals surface area contributed by atoms with E-state index >= 15 is 0 Å². The van der Waals surface area contributed by atoms with E-state index in [1.165, 1.54) is 17.7 Å². The van der Waals surface area contributed by atoms with Crippen LogP contribution in [0.2, 0.25) is 0 Å². The molecule has 158 valence electrons. The summed E-state index contributed by atoms with van der Waals surface area (Å²) in [7, 11) is 0. The molecule has 0 atom stereocenters. The van der Waals surface area contributed by atoms with E-state index < -0.39 is 10.8 Å². The summed E-state index contributed by atoms with van der Waals surface area (Å²) in [6.45, 7) is 1.79. The van der Waals surface area contributed by atoms with Crippen molar-refractivity contribution in [2.24, 2.45) is 5.92 Å². The number of nitro groups is 1. The quantitative estimate of drug-likeness (QED) is 0.479. The van der Waals surface area contributed by atoms with Crippen LogP contribution in [0, 0.1) is 16.0 Å². The summed E-state index contributed by atoms with van der Waals surface area (Å²) in [5, 5.41) is 21.9. The van der Waals surface area contributed by atoms with Gasteiger partial charge in [0.15, 0.2) is 11.5 Å². The topological polar surface area (TPSA) is 101 Å². The number of hydrogen-bond acceptors (Lipinski definition) is 6. The highest BCUT2D eigenvalue weighted by atomic mass is 16.6. The van der Waals surface area contributed by atoms with Gasteiger partial charge >= 0.3 is 0 Å². The SMILES string of the molecule is O=C(Nc1ccccc1[N+](=O)[O-])c1ccc(N2CCC(Cc3ccccc3)CC2)nn1. The summed E-state index contributed by atoms with van der Waals surface area (Å²) in [6.07, 6.45) is 3.25. The van der Waals surface area contributed by atoms with Gasteiger partial charge in [0, 0.05) is 19.2 Å². The number of anilines is 2. The Balaban J connectivity index is 1.34. The zero-order chi connectivity index (χ0) is 21.6. The Morgan fingerprint density at radius 3 is 2.39 bits per heavy atom. The molecule has 0 bridgehead atoms. The van der Waals surface area contributed by atoms with Gasteiger partial charge in [-0.3, -0.25) is 14.9 Å². The number of nitro benzene ring substituents is 1. The van der Waals surface area contributed by atoms with Gasteiger partial charge in [-0.1, -0.05) is 42.5 Å². The molecular weight excluding hydrogens is 394 g/mol. The van der Waals surface area contributed by atoms with Crippen LogP contribution in [0.15, 0.2) is 66.7 Å². The molecule has 4 rings (SSSR count). The lowest BCUT2D eigenvalue weighted by atomic mass is 9.90. The van der Waals surface area contributed by atoms with Gasteiger partial charge in [0.25, 0.3) is 11.6 Å². The van der Waals surface area contributed by atoms with Gasteiger partial charge in [0.2, 0.25) is 0 Å². The fourth-order valence-electron chi connectivity index (χ4n) is 3.85. The van der Waals surface area contributed by atoms with Crippen molar-refractivity contribution in [2.45, 2.75) is 19.3 Å². The molecule has 2 aromatic carbocycles. The number of amides is 1. The maximum Gasteiger partial charge on any atom is 0.292 e. The number of piperidine rings is 1. The van der Waals surface area contributed by atoms with E-state index in [-0.39, 0.29) is 17.1 Å². The van der Waals surface area contributed by atoms with Crippen molar-refractivity contribution in [1.82, 2.24) is 10.2 Å². The van der Waals surface area contributed by atoms with Gasteiger partial charge < -0.3 is 10.2 Å². The maximum atomic E-state index is 12.4. The number of rotatable bonds is 6. The third-order valence-corrected chi connectivity index (χ3v) is 5.54.